The highest BCUT2D eigenvalue weighted by Gasteiger charge is 2.36. The van der Waals surface area contributed by atoms with Gasteiger partial charge in [-0.1, -0.05) is 19.3 Å². The molecule has 1 aliphatic carbocycles. The Hall–Kier alpha value is -3.00. The molecule has 32 heavy (non-hydrogen) atoms. The van der Waals surface area contributed by atoms with Gasteiger partial charge in [-0.25, -0.2) is 0 Å². The summed E-state index contributed by atoms with van der Waals surface area (Å²) in [4.78, 5) is 29.3. The molecular formula is C24H29N5O3. The molecule has 2 aromatic rings. The van der Waals surface area contributed by atoms with E-state index in [4.69, 9.17) is 4.74 Å². The second-order valence-corrected chi connectivity index (χ2v) is 8.94. The van der Waals surface area contributed by atoms with Gasteiger partial charge in [-0.2, -0.15) is 10.2 Å². The highest BCUT2D eigenvalue weighted by Crippen LogP contribution is 2.31. The van der Waals surface area contributed by atoms with Crippen LogP contribution >= 0.6 is 0 Å². The molecule has 2 saturated heterocycles. The third-order valence-electron chi connectivity index (χ3n) is 6.69. The minimum atomic E-state index is -0.0400. The standard InChI is InChI=1S/C24H29N5O3/c30-23(17-4-2-1-3-5-17)28-15-22(16-28)32-21-8-6-19(7-9-21)29(20-10-11-26-27-14-20)24(31)18-12-25-13-18/h6-11,14,17-18,22,25H,1-5,12-13,15-16H2. The highest BCUT2D eigenvalue weighted by atomic mass is 16.5. The monoisotopic (exact) mass is 435 g/mol. The number of hydrogen-bond donors (Lipinski definition) is 1. The first kappa shape index (κ1) is 20.9. The summed E-state index contributed by atoms with van der Waals surface area (Å²) < 4.78 is 6.07. The number of carbonyl (C=O) groups excluding carboxylic acids is 2. The number of ether oxygens (including phenoxy) is 1. The number of amides is 2. The molecule has 3 aliphatic rings. The van der Waals surface area contributed by atoms with Crippen molar-refractivity contribution in [2.75, 3.05) is 31.1 Å². The van der Waals surface area contributed by atoms with Crippen molar-refractivity contribution in [2.24, 2.45) is 11.8 Å². The van der Waals surface area contributed by atoms with Crippen molar-refractivity contribution in [2.45, 2.75) is 38.2 Å². The molecule has 168 valence electrons. The van der Waals surface area contributed by atoms with Gasteiger partial charge in [-0.05, 0) is 43.2 Å². The van der Waals surface area contributed by atoms with Crippen LogP contribution in [0.3, 0.4) is 0 Å². The maximum atomic E-state index is 13.0. The number of rotatable bonds is 6. The second kappa shape index (κ2) is 9.24. The van der Waals surface area contributed by atoms with Crippen molar-refractivity contribution in [3.05, 3.63) is 42.7 Å². The molecule has 8 heteroatoms. The Morgan fingerprint density at radius 2 is 1.69 bits per heavy atom. The van der Waals surface area contributed by atoms with E-state index in [1.54, 1.807) is 23.4 Å². The molecule has 2 aliphatic heterocycles. The minimum Gasteiger partial charge on any atom is -0.487 e. The first-order valence-electron chi connectivity index (χ1n) is 11.6. The second-order valence-electron chi connectivity index (χ2n) is 8.94. The molecule has 8 nitrogen and oxygen atoms in total. The lowest BCUT2D eigenvalue weighted by atomic mass is 9.87. The average Bonchev–Trinajstić information content (AvgIpc) is 2.77. The number of nitrogens with zero attached hydrogens (tertiary/aromatic N) is 4. The zero-order chi connectivity index (χ0) is 21.9. The third-order valence-corrected chi connectivity index (χ3v) is 6.69. The summed E-state index contributed by atoms with van der Waals surface area (Å²) in [6.07, 6.45) is 8.86. The Morgan fingerprint density at radius 3 is 2.31 bits per heavy atom. The molecule has 3 heterocycles. The van der Waals surface area contributed by atoms with Crippen LogP contribution in [0.2, 0.25) is 0 Å². The summed E-state index contributed by atoms with van der Waals surface area (Å²) in [5.41, 5.74) is 1.46. The zero-order valence-electron chi connectivity index (χ0n) is 18.2. The van der Waals surface area contributed by atoms with Crippen LogP contribution in [0.1, 0.15) is 32.1 Å². The van der Waals surface area contributed by atoms with Gasteiger partial charge in [0.25, 0.3) is 0 Å². The van der Waals surface area contributed by atoms with Crippen molar-refractivity contribution < 1.29 is 14.3 Å². The van der Waals surface area contributed by atoms with E-state index in [0.717, 1.165) is 24.3 Å². The lowest BCUT2D eigenvalue weighted by Gasteiger charge is -2.41. The summed E-state index contributed by atoms with van der Waals surface area (Å²) in [6, 6.07) is 9.34. The minimum absolute atomic E-state index is 0.0246. The van der Waals surface area contributed by atoms with Crippen molar-refractivity contribution in [3.63, 3.8) is 0 Å². The van der Waals surface area contributed by atoms with Crippen LogP contribution in [-0.2, 0) is 9.59 Å². The smallest absolute Gasteiger partial charge is 0.237 e. The summed E-state index contributed by atoms with van der Waals surface area (Å²) in [6.45, 7) is 2.68. The van der Waals surface area contributed by atoms with Crippen LogP contribution in [0, 0.1) is 11.8 Å². The fourth-order valence-electron chi connectivity index (χ4n) is 4.63. The summed E-state index contributed by atoms with van der Waals surface area (Å²) >= 11 is 0. The van der Waals surface area contributed by atoms with Gasteiger partial charge >= 0.3 is 0 Å². The first-order valence-corrected chi connectivity index (χ1v) is 11.6. The van der Waals surface area contributed by atoms with Gasteiger partial charge in [0.1, 0.15) is 11.9 Å². The van der Waals surface area contributed by atoms with E-state index < -0.39 is 0 Å². The molecular weight excluding hydrogens is 406 g/mol. The van der Waals surface area contributed by atoms with E-state index in [0.29, 0.717) is 37.8 Å². The first-order chi connectivity index (χ1) is 15.7. The summed E-state index contributed by atoms with van der Waals surface area (Å²) in [5.74, 6) is 1.25. The molecule has 0 bridgehead atoms. The molecule has 1 saturated carbocycles. The predicted octanol–water partition coefficient (Wildman–Crippen LogP) is 2.53. The number of aromatic nitrogens is 2. The van der Waals surface area contributed by atoms with Gasteiger partial charge in [0.15, 0.2) is 0 Å². The normalized spacial score (nSPS) is 19.7. The van der Waals surface area contributed by atoms with Crippen molar-refractivity contribution in [1.82, 2.24) is 20.4 Å². The van der Waals surface area contributed by atoms with E-state index in [2.05, 4.69) is 15.5 Å². The van der Waals surface area contributed by atoms with Crippen LogP contribution < -0.4 is 15.0 Å². The van der Waals surface area contributed by atoms with Crippen LogP contribution in [0.5, 0.6) is 5.75 Å². The Bertz CT molecular complexity index is 936. The fourth-order valence-corrected chi connectivity index (χ4v) is 4.63. The average molecular weight is 436 g/mol. The number of benzene rings is 1. The number of carbonyl (C=O) groups is 2. The Labute approximate surface area is 187 Å². The zero-order valence-corrected chi connectivity index (χ0v) is 18.2. The van der Waals surface area contributed by atoms with E-state index in [-0.39, 0.29) is 23.8 Å². The van der Waals surface area contributed by atoms with Gasteiger partial charge in [0.2, 0.25) is 11.8 Å². The quantitative estimate of drug-likeness (QED) is 0.750. The molecule has 0 unspecified atom stereocenters. The van der Waals surface area contributed by atoms with E-state index >= 15 is 0 Å². The van der Waals surface area contributed by atoms with Gasteiger partial charge < -0.3 is 15.0 Å². The SMILES string of the molecule is O=C(C1CCCCC1)N1CC(Oc2ccc(N(C(=O)C3CNC3)c3ccnnc3)cc2)C1. The van der Waals surface area contributed by atoms with Crippen LogP contribution in [0.4, 0.5) is 11.4 Å². The van der Waals surface area contributed by atoms with Gasteiger partial charge in [-0.15, -0.1) is 0 Å². The predicted molar refractivity (Wildman–Crippen MR) is 120 cm³/mol. The van der Waals surface area contributed by atoms with Crippen LogP contribution in [-0.4, -0.2) is 59.2 Å². The van der Waals surface area contributed by atoms with E-state index in [1.807, 2.05) is 29.2 Å². The molecule has 1 aromatic carbocycles. The Morgan fingerprint density at radius 1 is 0.938 bits per heavy atom. The molecule has 0 atom stereocenters. The summed E-state index contributed by atoms with van der Waals surface area (Å²) in [5, 5.41) is 10.9. The lowest BCUT2D eigenvalue weighted by Crippen LogP contribution is -2.57. The molecule has 1 N–H and O–H groups in total. The van der Waals surface area contributed by atoms with Crippen molar-refractivity contribution in [3.8, 4) is 5.75 Å². The van der Waals surface area contributed by atoms with Crippen LogP contribution in [0.25, 0.3) is 0 Å². The molecule has 0 radical (unpaired) electrons. The third kappa shape index (κ3) is 4.32. The Balaban J connectivity index is 1.21. The largest absolute Gasteiger partial charge is 0.487 e. The fraction of sp³-hybridized carbons (Fsp3) is 0.500. The number of anilines is 2. The summed E-state index contributed by atoms with van der Waals surface area (Å²) in [7, 11) is 0. The number of nitrogens with one attached hydrogen (secondary N) is 1. The van der Waals surface area contributed by atoms with Crippen molar-refractivity contribution >= 4 is 23.2 Å². The molecule has 0 spiro atoms. The molecule has 2 amide bonds. The van der Waals surface area contributed by atoms with E-state index in [1.165, 1.54) is 19.3 Å². The molecule has 3 fully saturated rings. The maximum Gasteiger partial charge on any atom is 0.237 e. The number of hydrogen-bond acceptors (Lipinski definition) is 6. The lowest BCUT2D eigenvalue weighted by molar-refractivity contribution is -0.145. The highest BCUT2D eigenvalue weighted by molar-refractivity contribution is 6.02. The van der Waals surface area contributed by atoms with Crippen molar-refractivity contribution in [1.29, 1.82) is 0 Å². The topological polar surface area (TPSA) is 87.7 Å². The van der Waals surface area contributed by atoms with Gasteiger partial charge in [0, 0.05) is 24.7 Å². The van der Waals surface area contributed by atoms with Crippen LogP contribution in [0.15, 0.2) is 42.7 Å². The molecule has 5 rings (SSSR count). The Kier molecular flexibility index (Phi) is 6.03. The molecule has 1 aromatic heterocycles. The van der Waals surface area contributed by atoms with Gasteiger partial charge in [-0.3, -0.25) is 14.5 Å². The number of likely N-dealkylation sites (tertiary alicyclic amines) is 1. The maximum absolute atomic E-state index is 13.0. The van der Waals surface area contributed by atoms with E-state index in [9.17, 15) is 9.59 Å². The van der Waals surface area contributed by atoms with Gasteiger partial charge in [0.05, 0.1) is 37.1 Å².